The van der Waals surface area contributed by atoms with Gasteiger partial charge in [-0.2, -0.15) is 5.10 Å². The van der Waals surface area contributed by atoms with Gasteiger partial charge in [0.15, 0.2) is 5.84 Å². The van der Waals surface area contributed by atoms with Gasteiger partial charge in [-0.15, -0.1) is 0 Å². The third-order valence-electron chi connectivity index (χ3n) is 7.30. The topological polar surface area (TPSA) is 58.8 Å². The first-order valence-corrected chi connectivity index (χ1v) is 14.3. The van der Waals surface area contributed by atoms with Crippen LogP contribution in [0.25, 0.3) is 5.57 Å². The molecule has 0 radical (unpaired) electrons. The minimum atomic E-state index is 0.359. The van der Waals surface area contributed by atoms with E-state index >= 15 is 0 Å². The van der Waals surface area contributed by atoms with Crippen LogP contribution in [0, 0.1) is 5.41 Å². The van der Waals surface area contributed by atoms with Gasteiger partial charge in [0, 0.05) is 31.9 Å². The van der Waals surface area contributed by atoms with E-state index in [2.05, 4.69) is 100 Å². The molecule has 204 valence electrons. The van der Waals surface area contributed by atoms with Crippen LogP contribution < -0.4 is 9.80 Å². The number of para-hydroxylation sites is 2. The fourth-order valence-electron chi connectivity index (χ4n) is 5.14. The van der Waals surface area contributed by atoms with Crippen molar-refractivity contribution in [3.8, 4) is 0 Å². The number of likely N-dealkylation sites (N-methyl/N-ethyl adjacent to an activating group) is 1. The van der Waals surface area contributed by atoms with Crippen LogP contribution in [0.3, 0.4) is 0 Å². The number of hydrogen-bond donors (Lipinski definition) is 1. The number of hydrogen-bond acceptors (Lipinski definition) is 5. The fraction of sp³-hybridized carbons (Fsp3) is 0.265. The first-order valence-electron chi connectivity index (χ1n) is 14.3. The van der Waals surface area contributed by atoms with Crippen molar-refractivity contribution in [1.29, 1.82) is 5.41 Å². The van der Waals surface area contributed by atoms with Crippen LogP contribution in [-0.4, -0.2) is 41.7 Å². The Hall–Kier alpha value is -4.45. The van der Waals surface area contributed by atoms with E-state index in [4.69, 9.17) is 5.41 Å². The number of unbranched alkanes of at least 4 members (excludes halogenated alkanes) is 2. The second kappa shape index (κ2) is 12.6. The van der Waals surface area contributed by atoms with Crippen LogP contribution in [0.1, 0.15) is 50.8 Å². The molecule has 0 atom stereocenters. The summed E-state index contributed by atoms with van der Waals surface area (Å²) >= 11 is 0. The van der Waals surface area contributed by atoms with Gasteiger partial charge >= 0.3 is 0 Å². The van der Waals surface area contributed by atoms with E-state index in [1.807, 2.05) is 31.3 Å². The Kier molecular flexibility index (Phi) is 8.55. The van der Waals surface area contributed by atoms with Gasteiger partial charge in [-0.25, -0.2) is 0 Å². The summed E-state index contributed by atoms with van der Waals surface area (Å²) in [6.45, 7) is 6.44. The van der Waals surface area contributed by atoms with Crippen molar-refractivity contribution >= 4 is 28.5 Å². The third kappa shape index (κ3) is 5.62. The van der Waals surface area contributed by atoms with Crippen LogP contribution in [-0.2, 0) is 0 Å². The van der Waals surface area contributed by atoms with E-state index in [1.54, 1.807) is 11.2 Å². The number of benzene rings is 2. The third-order valence-corrected chi connectivity index (χ3v) is 7.30. The summed E-state index contributed by atoms with van der Waals surface area (Å²) in [5, 5.41) is 15.1. The standard InChI is InChI=1S/C34H38N6/c1-4-6-23-39-30-18-11-12-19-31(30)40(24-7-5-2)32(39)21-20-27(26-15-9-8-10-16-26)25-28-33(37-38(3)34(28)35)29-17-13-14-22-36-29/h8-22,25,35H,4-7,23-24H2,1-3H3/b27-20?,28-25-,35-34?. The Labute approximate surface area is 238 Å². The summed E-state index contributed by atoms with van der Waals surface area (Å²) in [5.74, 6) is 1.56. The number of nitrogens with one attached hydrogen (secondary N) is 1. The van der Waals surface area contributed by atoms with Crippen molar-refractivity contribution in [2.45, 2.75) is 39.5 Å². The summed E-state index contributed by atoms with van der Waals surface area (Å²) in [7, 11) is 1.81. The predicted octanol–water partition coefficient (Wildman–Crippen LogP) is 7.49. The van der Waals surface area contributed by atoms with Crippen LogP contribution in [0.2, 0.25) is 0 Å². The maximum atomic E-state index is 8.81. The maximum absolute atomic E-state index is 8.81. The minimum absolute atomic E-state index is 0.359. The molecule has 0 saturated carbocycles. The predicted molar refractivity (Wildman–Crippen MR) is 168 cm³/mol. The molecule has 0 amide bonds. The summed E-state index contributed by atoms with van der Waals surface area (Å²) in [4.78, 5) is 9.46. The molecule has 3 heterocycles. The lowest BCUT2D eigenvalue weighted by molar-refractivity contribution is 0.555. The summed E-state index contributed by atoms with van der Waals surface area (Å²) in [5.41, 5.74) is 6.89. The quantitative estimate of drug-likeness (QED) is 0.295. The van der Waals surface area contributed by atoms with Crippen LogP contribution in [0.5, 0.6) is 0 Å². The van der Waals surface area contributed by atoms with Gasteiger partial charge in [0.25, 0.3) is 0 Å². The van der Waals surface area contributed by atoms with Crippen molar-refractivity contribution in [3.63, 3.8) is 0 Å². The van der Waals surface area contributed by atoms with Crippen molar-refractivity contribution < 1.29 is 0 Å². The molecule has 5 rings (SSSR count). The fourth-order valence-corrected chi connectivity index (χ4v) is 5.14. The van der Waals surface area contributed by atoms with E-state index in [1.165, 1.54) is 17.2 Å². The Morgan fingerprint density at radius 2 is 1.45 bits per heavy atom. The lowest BCUT2D eigenvalue weighted by atomic mass is 9.98. The van der Waals surface area contributed by atoms with Crippen LogP contribution in [0.15, 0.2) is 114 Å². The van der Waals surface area contributed by atoms with Gasteiger partial charge in [0.05, 0.1) is 17.1 Å². The lowest BCUT2D eigenvalue weighted by Crippen LogP contribution is -2.29. The first-order chi connectivity index (χ1) is 19.6. The van der Waals surface area contributed by atoms with Crippen molar-refractivity contribution in [2.75, 3.05) is 29.9 Å². The van der Waals surface area contributed by atoms with Gasteiger partial charge in [0.1, 0.15) is 11.5 Å². The Morgan fingerprint density at radius 1 is 0.825 bits per heavy atom. The molecule has 40 heavy (non-hydrogen) atoms. The van der Waals surface area contributed by atoms with Crippen molar-refractivity contribution in [3.05, 3.63) is 120 Å². The van der Waals surface area contributed by atoms with Crippen molar-refractivity contribution in [2.24, 2.45) is 5.10 Å². The zero-order valence-electron chi connectivity index (χ0n) is 23.7. The highest BCUT2D eigenvalue weighted by Gasteiger charge is 2.30. The minimum Gasteiger partial charge on any atom is -0.326 e. The number of anilines is 2. The molecule has 2 aromatic carbocycles. The maximum Gasteiger partial charge on any atom is 0.150 e. The largest absolute Gasteiger partial charge is 0.326 e. The number of nitrogens with zero attached hydrogens (tertiary/aromatic N) is 5. The lowest BCUT2D eigenvalue weighted by Gasteiger charge is -2.25. The Morgan fingerprint density at radius 3 is 2.05 bits per heavy atom. The Balaban J connectivity index is 1.62. The number of allylic oxidation sites excluding steroid dienone is 4. The summed E-state index contributed by atoms with van der Waals surface area (Å²) in [6, 6.07) is 24.9. The molecule has 0 bridgehead atoms. The molecule has 2 aliphatic heterocycles. The summed E-state index contributed by atoms with van der Waals surface area (Å²) < 4.78 is 0. The zero-order valence-corrected chi connectivity index (χ0v) is 23.7. The smallest absolute Gasteiger partial charge is 0.150 e. The summed E-state index contributed by atoms with van der Waals surface area (Å²) in [6.07, 6.45) is 12.8. The molecule has 0 spiro atoms. The second-order valence-electron chi connectivity index (χ2n) is 10.1. The van der Waals surface area contributed by atoms with Crippen molar-refractivity contribution in [1.82, 2.24) is 9.99 Å². The number of pyridine rings is 1. The molecule has 0 saturated heterocycles. The molecule has 0 aliphatic carbocycles. The van der Waals surface area contributed by atoms with Crippen LogP contribution >= 0.6 is 0 Å². The van der Waals surface area contributed by atoms with Gasteiger partial charge in [0.2, 0.25) is 0 Å². The van der Waals surface area contributed by atoms with Gasteiger partial charge in [-0.05, 0) is 60.4 Å². The van der Waals surface area contributed by atoms with E-state index in [9.17, 15) is 0 Å². The van der Waals surface area contributed by atoms with E-state index in [0.717, 1.165) is 61.2 Å². The van der Waals surface area contributed by atoms with E-state index in [-0.39, 0.29) is 0 Å². The number of fused-ring (bicyclic) bond motifs is 1. The molecule has 1 N–H and O–H groups in total. The molecule has 0 fully saturated rings. The van der Waals surface area contributed by atoms with Crippen LogP contribution in [0.4, 0.5) is 11.4 Å². The highest BCUT2D eigenvalue weighted by Crippen LogP contribution is 2.42. The van der Waals surface area contributed by atoms with Gasteiger partial charge < -0.3 is 9.80 Å². The number of aromatic nitrogens is 1. The molecule has 2 aliphatic rings. The van der Waals surface area contributed by atoms with E-state index in [0.29, 0.717) is 11.5 Å². The zero-order chi connectivity index (χ0) is 27.9. The molecule has 0 unspecified atom stereocenters. The Bertz CT molecular complexity index is 1420. The van der Waals surface area contributed by atoms with E-state index < -0.39 is 0 Å². The first kappa shape index (κ1) is 27.1. The highest BCUT2D eigenvalue weighted by molar-refractivity contribution is 6.31. The average Bonchev–Trinajstić information content (AvgIpc) is 3.46. The number of amidine groups is 1. The highest BCUT2D eigenvalue weighted by atomic mass is 15.5. The van der Waals surface area contributed by atoms with Gasteiger partial charge in [-0.3, -0.25) is 15.4 Å². The van der Waals surface area contributed by atoms with Gasteiger partial charge in [-0.1, -0.05) is 81.3 Å². The normalized spacial score (nSPS) is 16.2. The molecule has 6 heteroatoms. The second-order valence-corrected chi connectivity index (χ2v) is 10.1. The molecule has 1 aromatic heterocycles. The SMILES string of the molecule is CCCCN1C(=CC=C(/C=C2\C(=N)N(C)N=C2c2ccccn2)c2ccccc2)N(CCCC)c2ccccc21. The number of rotatable bonds is 10. The number of hydrazone groups is 1. The molecule has 6 nitrogen and oxygen atoms in total. The molecular weight excluding hydrogens is 492 g/mol. The molecule has 3 aromatic rings. The average molecular weight is 531 g/mol. The monoisotopic (exact) mass is 530 g/mol. The molecular formula is C34H38N6.